The van der Waals surface area contributed by atoms with Crippen LogP contribution in [0.15, 0.2) is 18.2 Å². The van der Waals surface area contributed by atoms with Crippen LogP contribution in [0, 0.1) is 16.7 Å². The monoisotopic (exact) mass is 317 g/mol. The SMILES string of the molecule is COc1cc(C(=O)N2CCC[C@](C)(C#N)C2)ccc1OCCN. The van der Waals surface area contributed by atoms with Gasteiger partial charge < -0.3 is 20.1 Å². The fourth-order valence-electron chi connectivity index (χ4n) is 2.78. The zero-order valence-electron chi connectivity index (χ0n) is 13.7. The maximum atomic E-state index is 12.7. The molecule has 1 aliphatic heterocycles. The zero-order valence-corrected chi connectivity index (χ0v) is 13.7. The molecule has 1 aromatic rings. The second kappa shape index (κ2) is 7.34. The minimum Gasteiger partial charge on any atom is -0.493 e. The van der Waals surface area contributed by atoms with Crippen LogP contribution < -0.4 is 15.2 Å². The second-order valence-corrected chi connectivity index (χ2v) is 6.01. The van der Waals surface area contributed by atoms with Crippen molar-refractivity contribution in [1.82, 2.24) is 4.90 Å². The van der Waals surface area contributed by atoms with E-state index in [1.165, 1.54) is 7.11 Å². The van der Waals surface area contributed by atoms with Crippen molar-refractivity contribution in [3.63, 3.8) is 0 Å². The molecule has 0 unspecified atom stereocenters. The van der Waals surface area contributed by atoms with E-state index in [2.05, 4.69) is 6.07 Å². The number of nitrogens with two attached hydrogens (primary N) is 1. The van der Waals surface area contributed by atoms with Gasteiger partial charge in [0.05, 0.1) is 18.6 Å². The molecule has 0 bridgehead atoms. The number of nitriles is 1. The van der Waals surface area contributed by atoms with E-state index >= 15 is 0 Å². The number of hydrogen-bond acceptors (Lipinski definition) is 5. The smallest absolute Gasteiger partial charge is 0.254 e. The Morgan fingerprint density at radius 2 is 2.26 bits per heavy atom. The molecule has 6 nitrogen and oxygen atoms in total. The molecule has 0 saturated carbocycles. The number of amides is 1. The van der Waals surface area contributed by atoms with Gasteiger partial charge in [-0.15, -0.1) is 0 Å². The Balaban J connectivity index is 2.17. The van der Waals surface area contributed by atoms with Crippen molar-refractivity contribution in [2.75, 3.05) is 33.4 Å². The summed E-state index contributed by atoms with van der Waals surface area (Å²) in [4.78, 5) is 14.4. The van der Waals surface area contributed by atoms with Gasteiger partial charge in [-0.05, 0) is 38.0 Å². The minimum atomic E-state index is -0.470. The average molecular weight is 317 g/mol. The Hall–Kier alpha value is -2.26. The summed E-state index contributed by atoms with van der Waals surface area (Å²) < 4.78 is 10.8. The Kier molecular flexibility index (Phi) is 5.45. The molecular formula is C17H23N3O3. The lowest BCUT2D eigenvalue weighted by Crippen LogP contribution is -2.44. The number of ether oxygens (including phenoxy) is 2. The maximum absolute atomic E-state index is 12.7. The largest absolute Gasteiger partial charge is 0.493 e. The van der Waals surface area contributed by atoms with E-state index in [1.807, 2.05) is 6.92 Å². The normalized spacial score (nSPS) is 20.7. The van der Waals surface area contributed by atoms with Crippen molar-refractivity contribution in [3.05, 3.63) is 23.8 Å². The lowest BCUT2D eigenvalue weighted by Gasteiger charge is -2.36. The van der Waals surface area contributed by atoms with E-state index < -0.39 is 5.41 Å². The molecule has 1 aliphatic rings. The molecule has 1 fully saturated rings. The van der Waals surface area contributed by atoms with Gasteiger partial charge in [-0.2, -0.15) is 5.26 Å². The zero-order chi connectivity index (χ0) is 16.9. The van der Waals surface area contributed by atoms with Crippen LogP contribution in [0.5, 0.6) is 11.5 Å². The van der Waals surface area contributed by atoms with Crippen LogP contribution >= 0.6 is 0 Å². The molecule has 1 heterocycles. The van der Waals surface area contributed by atoms with Crippen molar-refractivity contribution < 1.29 is 14.3 Å². The first-order valence-electron chi connectivity index (χ1n) is 7.74. The molecule has 1 aromatic carbocycles. The number of benzene rings is 1. The Morgan fingerprint density at radius 1 is 1.48 bits per heavy atom. The summed E-state index contributed by atoms with van der Waals surface area (Å²) in [5.74, 6) is 0.981. The highest BCUT2D eigenvalue weighted by atomic mass is 16.5. The summed E-state index contributed by atoms with van der Waals surface area (Å²) in [5.41, 5.74) is 5.49. The van der Waals surface area contributed by atoms with Crippen LogP contribution in [0.1, 0.15) is 30.1 Å². The molecule has 1 atom stereocenters. The minimum absolute atomic E-state index is 0.0881. The van der Waals surface area contributed by atoms with E-state index in [4.69, 9.17) is 15.2 Å². The van der Waals surface area contributed by atoms with Crippen LogP contribution in [0.3, 0.4) is 0 Å². The number of rotatable bonds is 5. The lowest BCUT2D eigenvalue weighted by atomic mass is 9.83. The number of piperidine rings is 1. The van der Waals surface area contributed by atoms with Crippen LogP contribution in [0.2, 0.25) is 0 Å². The summed E-state index contributed by atoms with van der Waals surface area (Å²) in [7, 11) is 1.53. The van der Waals surface area contributed by atoms with Crippen LogP contribution in [0.4, 0.5) is 0 Å². The van der Waals surface area contributed by atoms with Crippen molar-refractivity contribution in [2.45, 2.75) is 19.8 Å². The third-order valence-electron chi connectivity index (χ3n) is 4.04. The second-order valence-electron chi connectivity index (χ2n) is 6.01. The van der Waals surface area contributed by atoms with Gasteiger partial charge in [0.1, 0.15) is 6.61 Å². The number of methoxy groups -OCH3 is 1. The van der Waals surface area contributed by atoms with Gasteiger partial charge in [0.25, 0.3) is 5.91 Å². The summed E-state index contributed by atoms with van der Waals surface area (Å²) >= 11 is 0. The van der Waals surface area contributed by atoms with E-state index in [0.717, 1.165) is 12.8 Å². The fourth-order valence-corrected chi connectivity index (χ4v) is 2.78. The van der Waals surface area contributed by atoms with Crippen molar-refractivity contribution >= 4 is 5.91 Å². The summed E-state index contributed by atoms with van der Waals surface area (Å²) in [6, 6.07) is 7.43. The van der Waals surface area contributed by atoms with Crippen LogP contribution in [-0.4, -0.2) is 44.2 Å². The molecule has 0 radical (unpaired) electrons. The van der Waals surface area contributed by atoms with Crippen LogP contribution in [-0.2, 0) is 0 Å². The molecule has 6 heteroatoms. The number of carbonyl (C=O) groups excluding carboxylic acids is 1. The van der Waals surface area contributed by atoms with Gasteiger partial charge >= 0.3 is 0 Å². The van der Waals surface area contributed by atoms with Crippen LogP contribution in [0.25, 0.3) is 0 Å². The molecule has 124 valence electrons. The lowest BCUT2D eigenvalue weighted by molar-refractivity contribution is 0.0629. The standard InChI is InChI=1S/C17H23N3O3/c1-17(11-19)6-3-8-20(12-17)16(21)13-4-5-14(23-9-7-18)15(10-13)22-2/h4-5,10H,3,6-9,12,18H2,1-2H3/t17-/m1/s1. The molecule has 0 aliphatic carbocycles. The third-order valence-corrected chi connectivity index (χ3v) is 4.04. The first-order valence-corrected chi connectivity index (χ1v) is 7.74. The molecular weight excluding hydrogens is 294 g/mol. The van der Waals surface area contributed by atoms with Crippen molar-refractivity contribution in [2.24, 2.45) is 11.1 Å². The van der Waals surface area contributed by atoms with Crippen molar-refractivity contribution in [3.8, 4) is 17.6 Å². The number of nitrogens with zero attached hydrogens (tertiary/aromatic N) is 2. The Morgan fingerprint density at radius 3 is 2.91 bits per heavy atom. The van der Waals surface area contributed by atoms with Gasteiger partial charge in [-0.25, -0.2) is 0 Å². The highest BCUT2D eigenvalue weighted by molar-refractivity contribution is 5.95. The summed E-state index contributed by atoms with van der Waals surface area (Å²) in [6.07, 6.45) is 1.66. The summed E-state index contributed by atoms with van der Waals surface area (Å²) in [5, 5.41) is 9.29. The van der Waals surface area contributed by atoms with E-state index in [1.54, 1.807) is 23.1 Å². The van der Waals surface area contributed by atoms with E-state index in [0.29, 0.717) is 43.3 Å². The van der Waals surface area contributed by atoms with E-state index in [-0.39, 0.29) is 5.91 Å². The molecule has 0 spiro atoms. The Bertz CT molecular complexity index is 612. The van der Waals surface area contributed by atoms with Gasteiger partial charge in [-0.3, -0.25) is 4.79 Å². The average Bonchev–Trinajstić information content (AvgIpc) is 2.59. The van der Waals surface area contributed by atoms with E-state index in [9.17, 15) is 10.1 Å². The first kappa shape index (κ1) is 17.1. The quantitative estimate of drug-likeness (QED) is 0.894. The topological polar surface area (TPSA) is 88.6 Å². The predicted octanol–water partition coefficient (Wildman–Crippen LogP) is 1.80. The molecule has 2 N–H and O–H groups in total. The van der Waals surface area contributed by atoms with Gasteiger partial charge in [0, 0.05) is 25.2 Å². The fraction of sp³-hybridized carbons (Fsp3) is 0.529. The number of likely N-dealkylation sites (tertiary alicyclic amines) is 1. The molecule has 23 heavy (non-hydrogen) atoms. The number of carbonyl (C=O) groups is 1. The Labute approximate surface area is 136 Å². The molecule has 2 rings (SSSR count). The van der Waals surface area contributed by atoms with Gasteiger partial charge in [-0.1, -0.05) is 0 Å². The highest BCUT2D eigenvalue weighted by Gasteiger charge is 2.33. The molecule has 1 saturated heterocycles. The summed E-state index contributed by atoms with van der Waals surface area (Å²) in [6.45, 7) is 3.82. The molecule has 0 aromatic heterocycles. The van der Waals surface area contributed by atoms with Gasteiger partial charge in [0.2, 0.25) is 0 Å². The molecule has 1 amide bonds. The van der Waals surface area contributed by atoms with Crippen molar-refractivity contribution in [1.29, 1.82) is 5.26 Å². The maximum Gasteiger partial charge on any atom is 0.254 e. The number of hydrogen-bond donors (Lipinski definition) is 1. The van der Waals surface area contributed by atoms with Gasteiger partial charge in [0.15, 0.2) is 11.5 Å². The first-order chi connectivity index (χ1) is 11.0. The third kappa shape index (κ3) is 3.93. The predicted molar refractivity (Wildman–Crippen MR) is 86.4 cm³/mol. The highest BCUT2D eigenvalue weighted by Crippen LogP contribution is 2.31.